The third kappa shape index (κ3) is 4.81. The Kier molecular flexibility index (Phi) is 5.33. The van der Waals surface area contributed by atoms with Crippen molar-refractivity contribution in [3.05, 3.63) is 35.4 Å². The quantitative estimate of drug-likeness (QED) is 0.897. The fourth-order valence-electron chi connectivity index (χ4n) is 4.27. The average Bonchev–Trinajstić information content (AvgIpc) is 2.89. The fourth-order valence-corrected chi connectivity index (χ4v) is 4.27. The maximum Gasteiger partial charge on any atom is 0.0594 e. The molecule has 2 fully saturated rings. The second-order valence-corrected chi connectivity index (χ2v) is 8.89. The number of nitrogens with zero attached hydrogens (tertiary/aromatic N) is 2. The molecule has 2 heterocycles. The molecule has 3 heteroatoms. The molecule has 3 rings (SSSR count). The molecule has 24 heavy (non-hydrogen) atoms. The molecule has 0 aliphatic carbocycles. The molecule has 0 radical (unpaired) electrons. The van der Waals surface area contributed by atoms with Gasteiger partial charge < -0.3 is 10.0 Å². The van der Waals surface area contributed by atoms with Gasteiger partial charge in [0.1, 0.15) is 0 Å². The number of likely N-dealkylation sites (tertiary alicyclic amines) is 2. The number of rotatable bonds is 5. The summed E-state index contributed by atoms with van der Waals surface area (Å²) in [7, 11) is 2.26. The monoisotopic (exact) mass is 330 g/mol. The Bertz CT molecular complexity index is 524. The first-order valence-electron chi connectivity index (χ1n) is 9.55. The lowest BCUT2D eigenvalue weighted by Gasteiger charge is -2.39. The van der Waals surface area contributed by atoms with Crippen LogP contribution in [0.2, 0.25) is 0 Å². The van der Waals surface area contributed by atoms with Crippen molar-refractivity contribution in [1.29, 1.82) is 0 Å². The molecular formula is C21H34N2O. The minimum Gasteiger partial charge on any atom is -0.390 e. The van der Waals surface area contributed by atoms with Crippen molar-refractivity contribution in [3.63, 3.8) is 0 Å². The van der Waals surface area contributed by atoms with Gasteiger partial charge in [0.05, 0.1) is 5.60 Å². The summed E-state index contributed by atoms with van der Waals surface area (Å²) in [6.45, 7) is 9.92. The highest BCUT2D eigenvalue weighted by atomic mass is 16.3. The molecule has 1 aromatic rings. The van der Waals surface area contributed by atoms with Gasteiger partial charge in [-0.1, -0.05) is 24.3 Å². The first kappa shape index (κ1) is 17.9. The normalized spacial score (nSPS) is 22.3. The zero-order chi connectivity index (χ0) is 17.2. The molecule has 0 atom stereocenters. The Balaban J connectivity index is 1.47. The van der Waals surface area contributed by atoms with Crippen LogP contribution in [0.1, 0.15) is 50.7 Å². The average molecular weight is 331 g/mol. The third-order valence-corrected chi connectivity index (χ3v) is 6.00. The Hall–Kier alpha value is -0.900. The van der Waals surface area contributed by atoms with Crippen LogP contribution in [0.5, 0.6) is 0 Å². The number of benzene rings is 1. The molecule has 134 valence electrons. The van der Waals surface area contributed by atoms with E-state index in [-0.39, 0.29) is 0 Å². The van der Waals surface area contributed by atoms with Gasteiger partial charge in [0.15, 0.2) is 0 Å². The van der Waals surface area contributed by atoms with Gasteiger partial charge in [-0.3, -0.25) is 4.90 Å². The maximum absolute atomic E-state index is 9.84. The van der Waals surface area contributed by atoms with Gasteiger partial charge in [-0.2, -0.15) is 0 Å². The highest BCUT2D eigenvalue weighted by Gasteiger charge is 2.39. The largest absolute Gasteiger partial charge is 0.390 e. The topological polar surface area (TPSA) is 26.7 Å². The van der Waals surface area contributed by atoms with E-state index in [1.165, 1.54) is 56.6 Å². The predicted molar refractivity (Wildman–Crippen MR) is 100 cm³/mol. The minimum absolute atomic E-state index is 0.573. The summed E-state index contributed by atoms with van der Waals surface area (Å²) in [6.07, 6.45) is 5.88. The summed E-state index contributed by atoms with van der Waals surface area (Å²) >= 11 is 0. The van der Waals surface area contributed by atoms with Gasteiger partial charge in [0, 0.05) is 13.1 Å². The van der Waals surface area contributed by atoms with Crippen molar-refractivity contribution in [2.45, 2.75) is 58.1 Å². The molecule has 0 amide bonds. The molecule has 1 aromatic carbocycles. The Morgan fingerprint density at radius 2 is 1.58 bits per heavy atom. The SMILES string of the molecule is CN1CCC2(CCN(Cc3ccc(CCC(C)(C)O)cc3)CC2)C1. The van der Waals surface area contributed by atoms with Crippen LogP contribution in [-0.2, 0) is 13.0 Å². The van der Waals surface area contributed by atoms with E-state index in [0.29, 0.717) is 5.41 Å². The van der Waals surface area contributed by atoms with Gasteiger partial charge in [-0.05, 0) is 89.2 Å². The standard InChI is InChI=1S/C21H34N2O/c1-20(2,24)9-8-18-4-6-19(7-5-18)16-23-14-11-21(12-15-23)10-13-22(3)17-21/h4-7,24H,8-17H2,1-3H3. The van der Waals surface area contributed by atoms with E-state index in [9.17, 15) is 5.11 Å². The summed E-state index contributed by atoms with van der Waals surface area (Å²) in [5.74, 6) is 0. The van der Waals surface area contributed by atoms with E-state index in [4.69, 9.17) is 0 Å². The van der Waals surface area contributed by atoms with Crippen molar-refractivity contribution in [2.75, 3.05) is 33.2 Å². The first-order valence-corrected chi connectivity index (χ1v) is 9.55. The predicted octanol–water partition coefficient (Wildman–Crippen LogP) is 3.31. The number of aliphatic hydroxyl groups is 1. The summed E-state index contributed by atoms with van der Waals surface area (Å²) < 4.78 is 0. The van der Waals surface area contributed by atoms with Gasteiger partial charge in [0.25, 0.3) is 0 Å². The molecule has 0 bridgehead atoms. The van der Waals surface area contributed by atoms with Crippen LogP contribution in [0.3, 0.4) is 0 Å². The van der Waals surface area contributed by atoms with E-state index < -0.39 is 5.60 Å². The van der Waals surface area contributed by atoms with Crippen molar-refractivity contribution in [3.8, 4) is 0 Å². The summed E-state index contributed by atoms with van der Waals surface area (Å²) in [5.41, 5.74) is 2.79. The van der Waals surface area contributed by atoms with Crippen molar-refractivity contribution in [1.82, 2.24) is 9.80 Å². The number of hydrogen-bond acceptors (Lipinski definition) is 3. The van der Waals surface area contributed by atoms with E-state index >= 15 is 0 Å². The molecule has 1 N–H and O–H groups in total. The Labute approximate surface area is 147 Å². The van der Waals surface area contributed by atoms with Crippen LogP contribution in [0.15, 0.2) is 24.3 Å². The molecule has 0 aromatic heterocycles. The summed E-state index contributed by atoms with van der Waals surface area (Å²) in [4.78, 5) is 5.12. The van der Waals surface area contributed by atoms with Crippen molar-refractivity contribution in [2.24, 2.45) is 5.41 Å². The lowest BCUT2D eigenvalue weighted by atomic mass is 9.78. The molecule has 0 unspecified atom stereocenters. The van der Waals surface area contributed by atoms with Crippen molar-refractivity contribution >= 4 is 0 Å². The molecule has 3 nitrogen and oxygen atoms in total. The number of aryl methyl sites for hydroxylation is 1. The van der Waals surface area contributed by atoms with Crippen molar-refractivity contribution < 1.29 is 5.11 Å². The second-order valence-electron chi connectivity index (χ2n) is 8.89. The van der Waals surface area contributed by atoms with E-state index in [1.54, 1.807) is 0 Å². The maximum atomic E-state index is 9.84. The van der Waals surface area contributed by atoms with Gasteiger partial charge in [-0.15, -0.1) is 0 Å². The van der Waals surface area contributed by atoms with E-state index in [0.717, 1.165) is 19.4 Å². The molecule has 2 saturated heterocycles. The van der Waals surface area contributed by atoms with Crippen LogP contribution in [-0.4, -0.2) is 53.7 Å². The fraction of sp³-hybridized carbons (Fsp3) is 0.714. The van der Waals surface area contributed by atoms with Crippen LogP contribution in [0, 0.1) is 5.41 Å². The molecule has 2 aliphatic rings. The van der Waals surface area contributed by atoms with Crippen LogP contribution in [0.4, 0.5) is 0 Å². The highest BCUT2D eigenvalue weighted by Crippen LogP contribution is 2.39. The van der Waals surface area contributed by atoms with Gasteiger partial charge >= 0.3 is 0 Å². The van der Waals surface area contributed by atoms with Crippen LogP contribution in [0.25, 0.3) is 0 Å². The third-order valence-electron chi connectivity index (χ3n) is 6.00. The number of piperidine rings is 1. The van der Waals surface area contributed by atoms with E-state index in [2.05, 4.69) is 41.1 Å². The first-order chi connectivity index (χ1) is 11.3. The lowest BCUT2D eigenvalue weighted by Crippen LogP contribution is -2.40. The summed E-state index contributed by atoms with van der Waals surface area (Å²) in [5, 5.41) is 9.84. The van der Waals surface area contributed by atoms with E-state index in [1.807, 2.05) is 13.8 Å². The summed E-state index contributed by atoms with van der Waals surface area (Å²) in [6, 6.07) is 9.01. The van der Waals surface area contributed by atoms with Crippen LogP contribution < -0.4 is 0 Å². The van der Waals surface area contributed by atoms with Crippen LogP contribution >= 0.6 is 0 Å². The Morgan fingerprint density at radius 1 is 1.00 bits per heavy atom. The highest BCUT2D eigenvalue weighted by molar-refractivity contribution is 5.23. The molecule has 0 saturated carbocycles. The number of hydrogen-bond donors (Lipinski definition) is 1. The van der Waals surface area contributed by atoms with Gasteiger partial charge in [-0.25, -0.2) is 0 Å². The smallest absolute Gasteiger partial charge is 0.0594 e. The lowest BCUT2D eigenvalue weighted by molar-refractivity contribution is 0.0714. The van der Waals surface area contributed by atoms with Gasteiger partial charge in [0.2, 0.25) is 0 Å². The minimum atomic E-state index is -0.573. The zero-order valence-electron chi connectivity index (χ0n) is 15.7. The Morgan fingerprint density at radius 3 is 2.12 bits per heavy atom. The molecule has 1 spiro atoms. The zero-order valence-corrected chi connectivity index (χ0v) is 15.7. The molecule has 2 aliphatic heterocycles. The second kappa shape index (κ2) is 7.15. The molecular weight excluding hydrogens is 296 g/mol.